The third kappa shape index (κ3) is 10.4. The highest BCUT2D eigenvalue weighted by Gasteiger charge is 2.08. The summed E-state index contributed by atoms with van der Waals surface area (Å²) in [6.07, 6.45) is 1.16. The molecule has 0 aliphatic rings. The van der Waals surface area contributed by atoms with E-state index >= 15 is 0 Å². The molecule has 0 radical (unpaired) electrons. The molecule has 98 valence electrons. The fourth-order valence-corrected chi connectivity index (χ4v) is 1.24. The van der Waals surface area contributed by atoms with Crippen LogP contribution in [0.5, 0.6) is 0 Å². The van der Waals surface area contributed by atoms with Gasteiger partial charge in [-0.25, -0.2) is 0 Å². The van der Waals surface area contributed by atoms with Crippen molar-refractivity contribution in [3.63, 3.8) is 0 Å². The normalized spacial score (nSPS) is 13.3. The zero-order valence-electron chi connectivity index (χ0n) is 11.1. The molecular formula is C12H27NO3. The third-order valence-corrected chi connectivity index (χ3v) is 2.04. The molecule has 0 aliphatic heterocycles. The van der Waals surface area contributed by atoms with Crippen molar-refractivity contribution in [2.75, 3.05) is 40.1 Å². The SMILES string of the molecule is CCCOCCOC(CNC(C)C)COC. The lowest BCUT2D eigenvalue weighted by molar-refractivity contribution is -0.0278. The summed E-state index contributed by atoms with van der Waals surface area (Å²) in [5, 5.41) is 3.34. The highest BCUT2D eigenvalue weighted by Crippen LogP contribution is 1.93. The van der Waals surface area contributed by atoms with E-state index in [1.807, 2.05) is 0 Å². The maximum absolute atomic E-state index is 5.67. The first-order valence-electron chi connectivity index (χ1n) is 6.12. The summed E-state index contributed by atoms with van der Waals surface area (Å²) < 4.78 is 16.1. The number of hydrogen-bond donors (Lipinski definition) is 1. The van der Waals surface area contributed by atoms with Gasteiger partial charge in [0.25, 0.3) is 0 Å². The molecule has 1 atom stereocenters. The first kappa shape index (κ1) is 15.8. The monoisotopic (exact) mass is 233 g/mol. The minimum absolute atomic E-state index is 0.109. The Morgan fingerprint density at radius 1 is 1.12 bits per heavy atom. The van der Waals surface area contributed by atoms with Gasteiger partial charge in [-0.15, -0.1) is 0 Å². The third-order valence-electron chi connectivity index (χ3n) is 2.04. The van der Waals surface area contributed by atoms with Gasteiger partial charge in [0, 0.05) is 26.3 Å². The van der Waals surface area contributed by atoms with Crippen LogP contribution in [-0.4, -0.2) is 52.2 Å². The van der Waals surface area contributed by atoms with Gasteiger partial charge in [0.05, 0.1) is 25.9 Å². The minimum atomic E-state index is 0.109. The molecule has 0 fully saturated rings. The first-order chi connectivity index (χ1) is 7.70. The van der Waals surface area contributed by atoms with Gasteiger partial charge >= 0.3 is 0 Å². The van der Waals surface area contributed by atoms with Crippen LogP contribution in [0.1, 0.15) is 27.2 Å². The quantitative estimate of drug-likeness (QED) is 0.548. The van der Waals surface area contributed by atoms with E-state index in [9.17, 15) is 0 Å². The predicted octanol–water partition coefficient (Wildman–Crippen LogP) is 1.44. The molecule has 0 heterocycles. The van der Waals surface area contributed by atoms with Crippen LogP contribution in [-0.2, 0) is 14.2 Å². The van der Waals surface area contributed by atoms with Crippen LogP contribution in [0, 0.1) is 0 Å². The van der Waals surface area contributed by atoms with Crippen molar-refractivity contribution in [2.45, 2.75) is 39.3 Å². The number of rotatable bonds is 11. The molecule has 4 heteroatoms. The minimum Gasteiger partial charge on any atom is -0.382 e. The Morgan fingerprint density at radius 3 is 2.44 bits per heavy atom. The summed E-state index contributed by atoms with van der Waals surface area (Å²) in [5.74, 6) is 0. The average molecular weight is 233 g/mol. The second-order valence-electron chi connectivity index (χ2n) is 4.12. The van der Waals surface area contributed by atoms with Gasteiger partial charge in [-0.3, -0.25) is 0 Å². The largest absolute Gasteiger partial charge is 0.382 e. The molecule has 16 heavy (non-hydrogen) atoms. The Labute approximate surface area is 99.6 Å². The average Bonchev–Trinajstić information content (AvgIpc) is 2.25. The fraction of sp³-hybridized carbons (Fsp3) is 1.00. The standard InChI is InChI=1S/C12H27NO3/c1-5-6-15-7-8-16-12(10-14-4)9-13-11(2)3/h11-13H,5-10H2,1-4H3. The highest BCUT2D eigenvalue weighted by molar-refractivity contribution is 4.63. The Morgan fingerprint density at radius 2 is 1.88 bits per heavy atom. The van der Waals surface area contributed by atoms with E-state index < -0.39 is 0 Å². The van der Waals surface area contributed by atoms with E-state index in [-0.39, 0.29) is 6.10 Å². The van der Waals surface area contributed by atoms with E-state index in [2.05, 4.69) is 26.1 Å². The summed E-state index contributed by atoms with van der Waals surface area (Å²) in [4.78, 5) is 0. The van der Waals surface area contributed by atoms with Crippen molar-refractivity contribution >= 4 is 0 Å². The second-order valence-corrected chi connectivity index (χ2v) is 4.12. The lowest BCUT2D eigenvalue weighted by Crippen LogP contribution is -2.36. The lowest BCUT2D eigenvalue weighted by Gasteiger charge is -2.19. The van der Waals surface area contributed by atoms with Crippen molar-refractivity contribution in [3.05, 3.63) is 0 Å². The molecule has 0 aromatic rings. The molecule has 0 aliphatic carbocycles. The zero-order chi connectivity index (χ0) is 12.2. The molecule has 0 aromatic heterocycles. The summed E-state index contributed by atoms with van der Waals surface area (Å²) >= 11 is 0. The Hall–Kier alpha value is -0.160. The summed E-state index contributed by atoms with van der Waals surface area (Å²) in [6, 6.07) is 0.472. The topological polar surface area (TPSA) is 39.7 Å². The Balaban J connectivity index is 3.51. The van der Waals surface area contributed by atoms with Gasteiger partial charge in [0.15, 0.2) is 0 Å². The van der Waals surface area contributed by atoms with Gasteiger partial charge in [-0.05, 0) is 6.42 Å². The molecule has 0 saturated heterocycles. The van der Waals surface area contributed by atoms with Gasteiger partial charge < -0.3 is 19.5 Å². The molecule has 0 amide bonds. The van der Waals surface area contributed by atoms with Gasteiger partial charge in [0.1, 0.15) is 0 Å². The summed E-state index contributed by atoms with van der Waals surface area (Å²) in [7, 11) is 1.69. The van der Waals surface area contributed by atoms with Crippen molar-refractivity contribution in [1.82, 2.24) is 5.32 Å². The molecule has 0 spiro atoms. The van der Waals surface area contributed by atoms with Crippen LogP contribution in [0.3, 0.4) is 0 Å². The van der Waals surface area contributed by atoms with Crippen molar-refractivity contribution in [1.29, 1.82) is 0 Å². The van der Waals surface area contributed by atoms with Crippen molar-refractivity contribution in [3.8, 4) is 0 Å². The molecule has 1 unspecified atom stereocenters. The molecule has 4 nitrogen and oxygen atoms in total. The lowest BCUT2D eigenvalue weighted by atomic mass is 10.3. The van der Waals surface area contributed by atoms with E-state index in [0.717, 1.165) is 19.6 Å². The summed E-state index contributed by atoms with van der Waals surface area (Å²) in [6.45, 7) is 9.88. The maximum atomic E-state index is 5.67. The number of nitrogens with one attached hydrogen (secondary N) is 1. The predicted molar refractivity (Wildman–Crippen MR) is 65.9 cm³/mol. The molecule has 0 bridgehead atoms. The van der Waals surface area contributed by atoms with Crippen LogP contribution >= 0.6 is 0 Å². The molecule has 0 saturated carbocycles. The summed E-state index contributed by atoms with van der Waals surface area (Å²) in [5.41, 5.74) is 0. The van der Waals surface area contributed by atoms with Gasteiger partial charge in [-0.2, -0.15) is 0 Å². The molecular weight excluding hydrogens is 206 g/mol. The molecule has 1 N–H and O–H groups in total. The fourth-order valence-electron chi connectivity index (χ4n) is 1.24. The number of hydrogen-bond acceptors (Lipinski definition) is 4. The number of methoxy groups -OCH3 is 1. The van der Waals surface area contributed by atoms with Gasteiger partial charge in [-0.1, -0.05) is 20.8 Å². The van der Waals surface area contributed by atoms with Crippen LogP contribution in [0.4, 0.5) is 0 Å². The van der Waals surface area contributed by atoms with E-state index in [0.29, 0.717) is 25.9 Å². The van der Waals surface area contributed by atoms with Crippen LogP contribution in [0.2, 0.25) is 0 Å². The van der Waals surface area contributed by atoms with Gasteiger partial charge in [0.2, 0.25) is 0 Å². The number of ether oxygens (including phenoxy) is 3. The van der Waals surface area contributed by atoms with E-state index in [1.54, 1.807) is 7.11 Å². The maximum Gasteiger partial charge on any atom is 0.0933 e. The van der Waals surface area contributed by atoms with Crippen molar-refractivity contribution in [2.24, 2.45) is 0 Å². The Bertz CT molecular complexity index is 142. The highest BCUT2D eigenvalue weighted by atomic mass is 16.5. The second kappa shape index (κ2) is 11.3. The van der Waals surface area contributed by atoms with Crippen LogP contribution < -0.4 is 5.32 Å². The van der Waals surface area contributed by atoms with Crippen molar-refractivity contribution < 1.29 is 14.2 Å². The molecule has 0 rings (SSSR count). The first-order valence-corrected chi connectivity index (χ1v) is 6.12. The zero-order valence-corrected chi connectivity index (χ0v) is 11.1. The van der Waals surface area contributed by atoms with Crippen LogP contribution in [0.25, 0.3) is 0 Å². The van der Waals surface area contributed by atoms with Crippen LogP contribution in [0.15, 0.2) is 0 Å². The Kier molecular flexibility index (Phi) is 11.2. The molecule has 0 aromatic carbocycles. The smallest absolute Gasteiger partial charge is 0.0933 e. The van der Waals surface area contributed by atoms with E-state index in [4.69, 9.17) is 14.2 Å². The van der Waals surface area contributed by atoms with E-state index in [1.165, 1.54) is 0 Å².